The van der Waals surface area contributed by atoms with Crippen LogP contribution in [-0.4, -0.2) is 9.13 Å². The monoisotopic (exact) mass is 802 g/mol. The van der Waals surface area contributed by atoms with Crippen LogP contribution < -0.4 is 0 Å². The van der Waals surface area contributed by atoms with Gasteiger partial charge in [0.15, 0.2) is 0 Å². The lowest BCUT2D eigenvalue weighted by atomic mass is 9.94. The molecule has 0 bridgehead atoms. The number of fused-ring (bicyclic) bond motifs is 9. The first kappa shape index (κ1) is 35.4. The lowest BCUT2D eigenvalue weighted by Gasteiger charge is -2.13. The van der Waals surface area contributed by atoms with E-state index in [0.29, 0.717) is 0 Å². The maximum atomic E-state index is 6.77. The number of hydrogen-bond donors (Lipinski definition) is 0. The van der Waals surface area contributed by atoms with E-state index in [1.165, 1.54) is 54.8 Å². The smallest absolute Gasteiger partial charge is 0.143 e. The molecule has 0 aliphatic rings. The van der Waals surface area contributed by atoms with Crippen LogP contribution >= 0.6 is 0 Å². The average molecular weight is 803 g/mol. The summed E-state index contributed by atoms with van der Waals surface area (Å²) < 4.78 is 11.6. The Kier molecular flexibility index (Phi) is 7.91. The van der Waals surface area contributed by atoms with Gasteiger partial charge in [-0.3, -0.25) is 0 Å². The number of furan rings is 1. The molecule has 0 saturated heterocycles. The fourth-order valence-corrected chi connectivity index (χ4v) is 9.99. The molecule has 3 aromatic heterocycles. The predicted octanol–water partition coefficient (Wildman–Crippen LogP) is 16.4. The van der Waals surface area contributed by atoms with Gasteiger partial charge in [0.05, 0.1) is 22.1 Å². The average Bonchev–Trinajstić information content (AvgIpc) is 4.02. The van der Waals surface area contributed by atoms with Crippen LogP contribution in [-0.2, 0) is 0 Å². The molecule has 0 spiro atoms. The summed E-state index contributed by atoms with van der Waals surface area (Å²) in [7, 11) is 0. The van der Waals surface area contributed by atoms with E-state index in [1.807, 2.05) is 0 Å². The van der Waals surface area contributed by atoms with Crippen molar-refractivity contribution in [3.05, 3.63) is 231 Å². The van der Waals surface area contributed by atoms with E-state index in [2.05, 4.69) is 240 Å². The Labute approximate surface area is 363 Å². The second kappa shape index (κ2) is 14.1. The number of rotatable bonds is 6. The quantitative estimate of drug-likeness (QED) is 0.164. The van der Waals surface area contributed by atoms with Crippen molar-refractivity contribution in [3.8, 4) is 55.9 Å². The number of hydrogen-bond acceptors (Lipinski definition) is 1. The third-order valence-corrected chi connectivity index (χ3v) is 12.9. The van der Waals surface area contributed by atoms with Crippen molar-refractivity contribution in [2.75, 3.05) is 0 Å². The summed E-state index contributed by atoms with van der Waals surface area (Å²) >= 11 is 0. The summed E-state index contributed by atoms with van der Waals surface area (Å²) in [6.45, 7) is 0. The summed E-state index contributed by atoms with van der Waals surface area (Å²) in [5.74, 6) is 0. The van der Waals surface area contributed by atoms with Gasteiger partial charge in [-0.15, -0.1) is 0 Å². The van der Waals surface area contributed by atoms with Crippen LogP contribution in [0.1, 0.15) is 0 Å². The largest absolute Gasteiger partial charge is 0.455 e. The van der Waals surface area contributed by atoms with Crippen molar-refractivity contribution in [1.29, 1.82) is 0 Å². The molecule has 0 aliphatic carbocycles. The molecule has 0 fully saturated rings. The summed E-state index contributed by atoms with van der Waals surface area (Å²) in [5, 5.41) is 7.14. The minimum atomic E-state index is 0.880. The molecule has 0 amide bonds. The summed E-state index contributed by atoms with van der Waals surface area (Å²) in [5.41, 5.74) is 18.0. The molecule has 294 valence electrons. The molecule has 3 heterocycles. The van der Waals surface area contributed by atoms with Crippen molar-refractivity contribution >= 4 is 65.6 Å². The van der Waals surface area contributed by atoms with E-state index < -0.39 is 0 Å². The van der Waals surface area contributed by atoms with Crippen molar-refractivity contribution < 1.29 is 4.42 Å². The molecule has 3 nitrogen and oxygen atoms in total. The fourth-order valence-electron chi connectivity index (χ4n) is 9.99. The highest BCUT2D eigenvalue weighted by molar-refractivity contribution is 6.14. The normalized spacial score (nSPS) is 11.8. The highest BCUT2D eigenvalue weighted by atomic mass is 16.3. The molecule has 0 unspecified atom stereocenters. The van der Waals surface area contributed by atoms with Crippen molar-refractivity contribution in [3.63, 3.8) is 0 Å². The zero-order valence-electron chi connectivity index (χ0n) is 34.2. The Morgan fingerprint density at radius 1 is 0.254 bits per heavy atom. The van der Waals surface area contributed by atoms with Gasteiger partial charge < -0.3 is 13.6 Å². The third kappa shape index (κ3) is 5.67. The summed E-state index contributed by atoms with van der Waals surface area (Å²) in [6.07, 6.45) is 0. The number of aromatic nitrogens is 2. The second-order valence-corrected chi connectivity index (χ2v) is 16.5. The predicted molar refractivity (Wildman–Crippen MR) is 264 cm³/mol. The molecule has 10 aromatic carbocycles. The molecule has 63 heavy (non-hydrogen) atoms. The number of para-hydroxylation sites is 4. The van der Waals surface area contributed by atoms with Gasteiger partial charge in [0.25, 0.3) is 0 Å². The molecule has 0 aliphatic heterocycles. The topological polar surface area (TPSA) is 23.0 Å². The second-order valence-electron chi connectivity index (χ2n) is 16.5. The summed E-state index contributed by atoms with van der Waals surface area (Å²) in [6, 6.07) is 83.4. The highest BCUT2D eigenvalue weighted by Gasteiger charge is 2.20. The van der Waals surface area contributed by atoms with Crippen molar-refractivity contribution in [1.82, 2.24) is 9.13 Å². The van der Waals surface area contributed by atoms with Crippen LogP contribution in [0.2, 0.25) is 0 Å². The highest BCUT2D eigenvalue weighted by Crippen LogP contribution is 2.42. The Bertz CT molecular complexity index is 3870. The van der Waals surface area contributed by atoms with Gasteiger partial charge in [-0.05, 0) is 112 Å². The SMILES string of the molecule is c1ccc(-c2cccc(-c3cccc(-c4cccc(-c5cc(-n6c7ccccc7c7cc(-n8c9ccccc9c9ccccc98)ccc76)cc6c5oc5ccccc56)c4)c3)c2)cc1. The first-order valence-corrected chi connectivity index (χ1v) is 21.6. The van der Waals surface area contributed by atoms with Crippen LogP contribution in [0, 0.1) is 0 Å². The van der Waals surface area contributed by atoms with Crippen LogP contribution in [0.5, 0.6) is 0 Å². The van der Waals surface area contributed by atoms with Gasteiger partial charge in [0.2, 0.25) is 0 Å². The molecule has 0 saturated carbocycles. The van der Waals surface area contributed by atoms with Gasteiger partial charge in [-0.25, -0.2) is 0 Å². The molecule has 0 radical (unpaired) electrons. The Morgan fingerprint density at radius 3 is 1.30 bits per heavy atom. The summed E-state index contributed by atoms with van der Waals surface area (Å²) in [4.78, 5) is 0. The lowest BCUT2D eigenvalue weighted by Crippen LogP contribution is -1.96. The van der Waals surface area contributed by atoms with Gasteiger partial charge in [-0.2, -0.15) is 0 Å². The van der Waals surface area contributed by atoms with Crippen LogP contribution in [0.15, 0.2) is 235 Å². The van der Waals surface area contributed by atoms with Gasteiger partial charge in [-0.1, -0.05) is 158 Å². The van der Waals surface area contributed by atoms with E-state index >= 15 is 0 Å². The molecule has 3 heteroatoms. The zero-order valence-corrected chi connectivity index (χ0v) is 34.2. The maximum Gasteiger partial charge on any atom is 0.143 e. The van der Waals surface area contributed by atoms with E-state index in [4.69, 9.17) is 4.42 Å². The maximum absolute atomic E-state index is 6.77. The first-order valence-electron chi connectivity index (χ1n) is 21.6. The Hall–Kier alpha value is -8.40. The Balaban J connectivity index is 0.979. The standard InChI is InChI=1S/C60H38N2O/c1-2-15-39(16-3-1)40-17-12-18-41(33-40)42-19-13-20-43(34-42)44-21-14-22-45(35-44)52-37-47(38-54-51-26-7-11-30-59(51)63-60(52)54)62-57-29-10-6-25-50(57)53-36-46(31-32-58(53)62)61-55-27-8-4-23-48(55)49-24-5-9-28-56(49)61/h1-38H. The fraction of sp³-hybridized carbons (Fsp3) is 0. The van der Waals surface area contributed by atoms with Gasteiger partial charge >= 0.3 is 0 Å². The molecule has 0 atom stereocenters. The van der Waals surface area contributed by atoms with Crippen LogP contribution in [0.4, 0.5) is 0 Å². The molecule has 13 rings (SSSR count). The number of benzene rings is 10. The molecular formula is C60H38N2O. The van der Waals surface area contributed by atoms with E-state index in [0.717, 1.165) is 66.6 Å². The van der Waals surface area contributed by atoms with Gasteiger partial charge in [0, 0.05) is 49.3 Å². The Morgan fingerprint density at radius 2 is 0.683 bits per heavy atom. The zero-order chi connectivity index (χ0) is 41.4. The number of nitrogens with zero attached hydrogens (tertiary/aromatic N) is 2. The van der Waals surface area contributed by atoms with E-state index in [-0.39, 0.29) is 0 Å². The van der Waals surface area contributed by atoms with Gasteiger partial charge in [0.1, 0.15) is 11.2 Å². The molecular weight excluding hydrogens is 765 g/mol. The van der Waals surface area contributed by atoms with E-state index in [9.17, 15) is 0 Å². The molecule has 0 N–H and O–H groups in total. The molecule has 13 aromatic rings. The minimum Gasteiger partial charge on any atom is -0.455 e. The van der Waals surface area contributed by atoms with E-state index in [1.54, 1.807) is 0 Å². The van der Waals surface area contributed by atoms with Crippen LogP contribution in [0.25, 0.3) is 121 Å². The third-order valence-electron chi connectivity index (χ3n) is 12.9. The van der Waals surface area contributed by atoms with Crippen molar-refractivity contribution in [2.24, 2.45) is 0 Å². The lowest BCUT2D eigenvalue weighted by molar-refractivity contribution is 0.670. The first-order chi connectivity index (χ1) is 31.2. The van der Waals surface area contributed by atoms with Crippen molar-refractivity contribution in [2.45, 2.75) is 0 Å². The van der Waals surface area contributed by atoms with Crippen LogP contribution in [0.3, 0.4) is 0 Å². The minimum absolute atomic E-state index is 0.880.